The van der Waals surface area contributed by atoms with Crippen molar-refractivity contribution in [1.29, 1.82) is 0 Å². The minimum absolute atomic E-state index is 0.00259. The highest BCUT2D eigenvalue weighted by atomic mass is 32.2. The minimum Gasteiger partial charge on any atom is -0.767 e. The molecular formula is C7H5N2O3S-. The molecule has 1 unspecified atom stereocenters. The third-order valence-corrected chi connectivity index (χ3v) is 2.27. The average Bonchev–Trinajstić information content (AvgIpc) is 2.46. The Labute approximate surface area is 75.9 Å². The highest BCUT2D eigenvalue weighted by Gasteiger charge is 2.03. The van der Waals surface area contributed by atoms with Crippen LogP contribution in [-0.2, 0) is 11.1 Å². The number of pyridine rings is 1. The number of rotatable bonds is 1. The monoisotopic (exact) mass is 197 g/mol. The molecule has 0 spiro atoms. The van der Waals surface area contributed by atoms with E-state index in [1.54, 1.807) is 0 Å². The van der Waals surface area contributed by atoms with Gasteiger partial charge in [-0.15, -0.1) is 0 Å². The predicted molar refractivity (Wildman–Crippen MR) is 44.0 cm³/mol. The molecule has 1 N–H and O–H groups in total. The molecule has 2 aromatic heterocycles. The molecule has 5 nitrogen and oxygen atoms in total. The van der Waals surface area contributed by atoms with Gasteiger partial charge in [0.05, 0.1) is 12.4 Å². The van der Waals surface area contributed by atoms with E-state index in [-0.39, 0.29) is 10.8 Å². The second-order valence-electron chi connectivity index (χ2n) is 2.45. The van der Waals surface area contributed by atoms with E-state index in [1.807, 2.05) is 0 Å². The molecule has 2 aromatic rings. The Kier molecular flexibility index (Phi) is 1.78. The Morgan fingerprint density at radius 2 is 2.31 bits per heavy atom. The number of imidazole rings is 1. The van der Waals surface area contributed by atoms with Crippen molar-refractivity contribution in [3.8, 4) is 5.75 Å². The van der Waals surface area contributed by atoms with Gasteiger partial charge in [-0.25, -0.2) is 4.98 Å². The van der Waals surface area contributed by atoms with Crippen LogP contribution in [0.1, 0.15) is 0 Å². The summed E-state index contributed by atoms with van der Waals surface area (Å²) >= 11 is -2.34. The number of hydrogen-bond donors (Lipinski definition) is 1. The van der Waals surface area contributed by atoms with Crippen LogP contribution in [0.25, 0.3) is 5.65 Å². The zero-order chi connectivity index (χ0) is 9.42. The zero-order valence-corrected chi connectivity index (χ0v) is 7.19. The molecule has 13 heavy (non-hydrogen) atoms. The third-order valence-electron chi connectivity index (χ3n) is 1.63. The highest BCUT2D eigenvalue weighted by Crippen LogP contribution is 2.14. The van der Waals surface area contributed by atoms with Crippen LogP contribution in [0.2, 0.25) is 0 Å². The average molecular weight is 197 g/mol. The summed E-state index contributed by atoms with van der Waals surface area (Å²) in [5.74, 6) is -0.00259. The second kappa shape index (κ2) is 2.82. The summed E-state index contributed by atoms with van der Waals surface area (Å²) in [6.45, 7) is 0. The molecule has 2 rings (SSSR count). The van der Waals surface area contributed by atoms with Crippen molar-refractivity contribution in [2.75, 3.05) is 0 Å². The van der Waals surface area contributed by atoms with Gasteiger partial charge in [0, 0.05) is 0 Å². The van der Waals surface area contributed by atoms with Crippen LogP contribution in [-0.4, -0.2) is 23.3 Å². The topological polar surface area (TPSA) is 77.7 Å². The molecule has 1 atom stereocenters. The van der Waals surface area contributed by atoms with Gasteiger partial charge >= 0.3 is 0 Å². The lowest BCUT2D eigenvalue weighted by Gasteiger charge is -2.03. The molecule has 6 heteroatoms. The second-order valence-corrected chi connectivity index (χ2v) is 3.33. The van der Waals surface area contributed by atoms with E-state index >= 15 is 0 Å². The highest BCUT2D eigenvalue weighted by molar-refractivity contribution is 7.79. The van der Waals surface area contributed by atoms with Crippen LogP contribution >= 0.6 is 0 Å². The molecule has 0 aliphatic carbocycles. The maximum Gasteiger partial charge on any atom is 0.137 e. The molecule has 0 aliphatic rings. The summed E-state index contributed by atoms with van der Waals surface area (Å²) in [6, 6.07) is 2.98. The smallest absolute Gasteiger partial charge is 0.137 e. The van der Waals surface area contributed by atoms with Crippen LogP contribution < -0.4 is 0 Å². The largest absolute Gasteiger partial charge is 0.767 e. The van der Waals surface area contributed by atoms with Crippen LogP contribution in [0.3, 0.4) is 0 Å². The molecular weight excluding hydrogens is 192 g/mol. The lowest BCUT2D eigenvalue weighted by atomic mass is 10.4. The molecule has 0 amide bonds. The van der Waals surface area contributed by atoms with Gasteiger partial charge in [0.2, 0.25) is 0 Å². The van der Waals surface area contributed by atoms with Gasteiger partial charge in [0.25, 0.3) is 0 Å². The normalized spacial score (nSPS) is 13.3. The summed E-state index contributed by atoms with van der Waals surface area (Å²) in [7, 11) is 0. The van der Waals surface area contributed by atoms with Gasteiger partial charge in [0.1, 0.15) is 16.4 Å². The van der Waals surface area contributed by atoms with E-state index < -0.39 is 11.1 Å². The van der Waals surface area contributed by atoms with Crippen LogP contribution in [0.15, 0.2) is 29.6 Å². The van der Waals surface area contributed by atoms with Crippen molar-refractivity contribution in [3.63, 3.8) is 0 Å². The fourth-order valence-electron chi connectivity index (χ4n) is 1.07. The molecule has 0 saturated carbocycles. The lowest BCUT2D eigenvalue weighted by molar-refractivity contribution is 0.471. The van der Waals surface area contributed by atoms with Crippen LogP contribution in [0, 0.1) is 0 Å². The first-order valence-corrected chi connectivity index (χ1v) is 4.51. The first-order valence-electron chi connectivity index (χ1n) is 3.44. The van der Waals surface area contributed by atoms with E-state index in [1.165, 1.54) is 28.9 Å². The summed E-state index contributed by atoms with van der Waals surface area (Å²) in [5.41, 5.74) is 0.483. The summed E-state index contributed by atoms with van der Waals surface area (Å²) < 4.78 is 22.6. The molecule has 0 saturated heterocycles. The fraction of sp³-hybridized carbons (Fsp3) is 0. The van der Waals surface area contributed by atoms with E-state index in [0.717, 1.165) is 0 Å². The van der Waals surface area contributed by atoms with Crippen molar-refractivity contribution in [2.45, 2.75) is 5.03 Å². The van der Waals surface area contributed by atoms with Gasteiger partial charge in [0.15, 0.2) is 0 Å². The molecule has 2 heterocycles. The molecule has 0 aromatic carbocycles. The van der Waals surface area contributed by atoms with Crippen molar-refractivity contribution in [3.05, 3.63) is 24.5 Å². The molecule has 0 bridgehead atoms. The molecule has 0 radical (unpaired) electrons. The van der Waals surface area contributed by atoms with Gasteiger partial charge < -0.3 is 9.66 Å². The predicted octanol–water partition coefficient (Wildman–Crippen LogP) is 0.278. The van der Waals surface area contributed by atoms with Crippen LogP contribution in [0.4, 0.5) is 0 Å². The number of aromatic nitrogens is 2. The first-order chi connectivity index (χ1) is 6.18. The van der Waals surface area contributed by atoms with Crippen molar-refractivity contribution in [2.24, 2.45) is 0 Å². The zero-order valence-electron chi connectivity index (χ0n) is 6.38. The van der Waals surface area contributed by atoms with E-state index in [2.05, 4.69) is 4.98 Å². The number of nitrogens with zero attached hydrogens (tertiary/aromatic N) is 2. The number of fused-ring (bicyclic) bond motifs is 1. The van der Waals surface area contributed by atoms with Gasteiger partial charge in [-0.05, 0) is 23.2 Å². The number of aromatic hydroxyl groups is 1. The van der Waals surface area contributed by atoms with Gasteiger partial charge in [-0.1, -0.05) is 0 Å². The molecule has 0 aliphatic heterocycles. The summed E-state index contributed by atoms with van der Waals surface area (Å²) in [6.07, 6.45) is 2.53. The van der Waals surface area contributed by atoms with Crippen LogP contribution in [0.5, 0.6) is 5.75 Å². The van der Waals surface area contributed by atoms with Crippen molar-refractivity contribution >= 4 is 16.7 Å². The first kappa shape index (κ1) is 8.21. The van der Waals surface area contributed by atoms with E-state index in [0.29, 0.717) is 5.65 Å². The Morgan fingerprint density at radius 1 is 1.54 bits per heavy atom. The van der Waals surface area contributed by atoms with Crippen molar-refractivity contribution in [1.82, 2.24) is 9.38 Å². The van der Waals surface area contributed by atoms with Gasteiger partial charge in [-0.3, -0.25) is 8.61 Å². The standard InChI is InChI=1S/C7H6N2O3S/c10-5-1-2-6-8-3-7(13(11)12)9(6)4-5/h1-4,10H,(H,11,12)/p-1. The Balaban J connectivity index is 2.79. The lowest BCUT2D eigenvalue weighted by Crippen LogP contribution is -1.94. The minimum atomic E-state index is -2.34. The Morgan fingerprint density at radius 3 is 3.00 bits per heavy atom. The molecule has 68 valence electrons. The van der Waals surface area contributed by atoms with Gasteiger partial charge in [-0.2, -0.15) is 0 Å². The Hall–Kier alpha value is -1.40. The summed E-state index contributed by atoms with van der Waals surface area (Å²) in [4.78, 5) is 3.84. The number of hydrogen-bond acceptors (Lipinski definition) is 4. The third kappa shape index (κ3) is 1.30. The quantitative estimate of drug-likeness (QED) is 0.666. The maximum atomic E-state index is 10.6. The van der Waals surface area contributed by atoms with E-state index in [4.69, 9.17) is 5.11 Å². The van der Waals surface area contributed by atoms with Crippen molar-refractivity contribution < 1.29 is 13.9 Å². The summed E-state index contributed by atoms with van der Waals surface area (Å²) in [5, 5.41) is 9.14. The SMILES string of the molecule is O=S([O-])c1cnc2ccc(O)cn12. The Bertz CT molecular complexity index is 480. The maximum absolute atomic E-state index is 10.6. The van der Waals surface area contributed by atoms with E-state index in [9.17, 15) is 8.76 Å². The fourth-order valence-corrected chi connectivity index (χ4v) is 1.52. The molecule has 0 fully saturated rings.